The first-order chi connectivity index (χ1) is 14.0. The highest BCUT2D eigenvalue weighted by Crippen LogP contribution is 2.38. The lowest BCUT2D eigenvalue weighted by Crippen LogP contribution is -2.22. The van der Waals surface area contributed by atoms with Gasteiger partial charge in [-0.2, -0.15) is 0 Å². The van der Waals surface area contributed by atoms with Crippen LogP contribution in [0.5, 0.6) is 11.5 Å². The van der Waals surface area contributed by atoms with Gasteiger partial charge in [0.2, 0.25) is 0 Å². The third kappa shape index (κ3) is 4.09. The van der Waals surface area contributed by atoms with E-state index in [4.69, 9.17) is 9.47 Å². The maximum Gasteiger partial charge on any atom is 0.326 e. The van der Waals surface area contributed by atoms with Crippen molar-refractivity contribution in [2.45, 2.75) is 6.61 Å². The molecular weight excluding hydrogens is 436 g/mol. The van der Waals surface area contributed by atoms with Crippen LogP contribution >= 0.6 is 15.9 Å². The number of amides is 3. The molecule has 3 aromatic rings. The van der Waals surface area contributed by atoms with Crippen LogP contribution < -0.4 is 20.1 Å². The van der Waals surface area contributed by atoms with Crippen molar-refractivity contribution in [2.75, 3.05) is 7.11 Å². The van der Waals surface area contributed by atoms with Gasteiger partial charge in [0.05, 0.1) is 11.6 Å². The largest absolute Gasteiger partial charge is 0.493 e. The summed E-state index contributed by atoms with van der Waals surface area (Å²) in [5.74, 6) is 0.598. The van der Waals surface area contributed by atoms with Crippen molar-refractivity contribution >= 4 is 44.7 Å². The van der Waals surface area contributed by atoms with Gasteiger partial charge in [0, 0.05) is 0 Å². The molecule has 4 rings (SSSR count). The van der Waals surface area contributed by atoms with E-state index in [0.29, 0.717) is 28.1 Å². The molecule has 6 nitrogen and oxygen atoms in total. The average molecular weight is 453 g/mol. The Kier molecular flexibility index (Phi) is 5.22. The number of benzene rings is 3. The molecule has 29 heavy (non-hydrogen) atoms. The fourth-order valence-corrected chi connectivity index (χ4v) is 3.67. The predicted molar refractivity (Wildman–Crippen MR) is 114 cm³/mol. The van der Waals surface area contributed by atoms with E-state index in [1.807, 2.05) is 18.2 Å². The van der Waals surface area contributed by atoms with Gasteiger partial charge in [0.15, 0.2) is 11.5 Å². The number of rotatable bonds is 5. The number of carbonyl (C=O) groups is 2. The second-order valence-corrected chi connectivity index (χ2v) is 7.32. The lowest BCUT2D eigenvalue weighted by Gasteiger charge is -2.14. The summed E-state index contributed by atoms with van der Waals surface area (Å²) in [5, 5.41) is 6.95. The van der Waals surface area contributed by atoms with Gasteiger partial charge >= 0.3 is 6.03 Å². The summed E-state index contributed by atoms with van der Waals surface area (Å²) in [5.41, 5.74) is 1.89. The van der Waals surface area contributed by atoms with E-state index in [2.05, 4.69) is 50.8 Å². The molecular formula is C22H17BrN2O4. The maximum atomic E-state index is 11.7. The zero-order chi connectivity index (χ0) is 20.4. The third-order valence-electron chi connectivity index (χ3n) is 4.48. The zero-order valence-electron chi connectivity index (χ0n) is 15.5. The molecule has 1 aliphatic rings. The van der Waals surface area contributed by atoms with Crippen molar-refractivity contribution in [1.29, 1.82) is 0 Å². The van der Waals surface area contributed by atoms with Crippen LogP contribution in [-0.2, 0) is 11.4 Å². The van der Waals surface area contributed by atoms with E-state index in [-0.39, 0.29) is 5.70 Å². The minimum atomic E-state index is -0.539. The van der Waals surface area contributed by atoms with Crippen LogP contribution in [0.15, 0.2) is 64.8 Å². The van der Waals surface area contributed by atoms with Gasteiger partial charge in [0.25, 0.3) is 5.91 Å². The Hall–Kier alpha value is -3.32. The quantitative estimate of drug-likeness (QED) is 0.445. The van der Waals surface area contributed by atoms with Crippen LogP contribution in [0.2, 0.25) is 0 Å². The molecule has 3 aromatic carbocycles. The number of hydrogen-bond acceptors (Lipinski definition) is 4. The number of halogens is 1. The molecule has 1 heterocycles. The second kappa shape index (κ2) is 7.97. The molecule has 1 saturated heterocycles. The molecule has 7 heteroatoms. The predicted octanol–water partition coefficient (Wildman–Crippen LogP) is 4.37. The Morgan fingerprint density at radius 2 is 1.79 bits per heavy atom. The van der Waals surface area contributed by atoms with Crippen molar-refractivity contribution in [3.63, 3.8) is 0 Å². The maximum absolute atomic E-state index is 11.7. The van der Waals surface area contributed by atoms with Gasteiger partial charge in [-0.15, -0.1) is 0 Å². The first kappa shape index (κ1) is 19.0. The summed E-state index contributed by atoms with van der Waals surface area (Å²) in [6.07, 6.45) is 1.57. The molecule has 3 amide bonds. The summed E-state index contributed by atoms with van der Waals surface area (Å²) < 4.78 is 12.2. The summed E-state index contributed by atoms with van der Waals surface area (Å²) >= 11 is 3.51. The normalized spacial score (nSPS) is 14.8. The lowest BCUT2D eigenvalue weighted by molar-refractivity contribution is -0.115. The Morgan fingerprint density at radius 3 is 2.52 bits per heavy atom. The molecule has 1 fully saturated rings. The summed E-state index contributed by atoms with van der Waals surface area (Å²) in [6, 6.07) is 17.3. The highest BCUT2D eigenvalue weighted by Gasteiger charge is 2.23. The fraction of sp³-hybridized carbons (Fsp3) is 0.0909. The highest BCUT2D eigenvalue weighted by molar-refractivity contribution is 9.10. The lowest BCUT2D eigenvalue weighted by atomic mass is 10.1. The summed E-state index contributed by atoms with van der Waals surface area (Å²) in [7, 11) is 1.55. The molecule has 0 saturated carbocycles. The van der Waals surface area contributed by atoms with E-state index in [1.54, 1.807) is 25.3 Å². The Bertz CT molecular complexity index is 1160. The Labute approximate surface area is 175 Å². The van der Waals surface area contributed by atoms with E-state index in [9.17, 15) is 9.59 Å². The monoisotopic (exact) mass is 452 g/mol. The van der Waals surface area contributed by atoms with Crippen LogP contribution in [0.4, 0.5) is 4.79 Å². The molecule has 0 radical (unpaired) electrons. The highest BCUT2D eigenvalue weighted by atomic mass is 79.9. The molecule has 0 aromatic heterocycles. The number of imide groups is 1. The SMILES string of the molecule is COc1cc(/C=C2/NC(=O)NC2=O)cc(Br)c1OCc1ccc2ccccc2c1. The number of fused-ring (bicyclic) bond motifs is 1. The fourth-order valence-electron chi connectivity index (χ4n) is 3.10. The molecule has 1 aliphatic heterocycles. The van der Waals surface area contributed by atoms with Crippen LogP contribution in [-0.4, -0.2) is 19.0 Å². The van der Waals surface area contributed by atoms with Gasteiger partial charge in [-0.3, -0.25) is 10.1 Å². The van der Waals surface area contributed by atoms with Gasteiger partial charge in [0.1, 0.15) is 12.3 Å². The molecule has 0 atom stereocenters. The number of hydrogen-bond donors (Lipinski definition) is 2. The number of ether oxygens (including phenoxy) is 2. The Balaban J connectivity index is 1.57. The van der Waals surface area contributed by atoms with E-state index < -0.39 is 11.9 Å². The second-order valence-electron chi connectivity index (χ2n) is 6.47. The first-order valence-electron chi connectivity index (χ1n) is 8.85. The van der Waals surface area contributed by atoms with Crippen molar-refractivity contribution in [3.8, 4) is 11.5 Å². The van der Waals surface area contributed by atoms with E-state index in [0.717, 1.165) is 10.9 Å². The van der Waals surface area contributed by atoms with E-state index >= 15 is 0 Å². The van der Waals surface area contributed by atoms with E-state index in [1.165, 1.54) is 5.39 Å². The first-order valence-corrected chi connectivity index (χ1v) is 9.65. The van der Waals surface area contributed by atoms with Crippen molar-refractivity contribution in [3.05, 3.63) is 75.9 Å². The number of nitrogens with one attached hydrogen (secondary N) is 2. The minimum absolute atomic E-state index is 0.175. The Morgan fingerprint density at radius 1 is 1.00 bits per heavy atom. The van der Waals surface area contributed by atoms with Crippen LogP contribution in [0.3, 0.4) is 0 Å². The molecule has 0 aliphatic carbocycles. The molecule has 0 unspecified atom stereocenters. The van der Waals surface area contributed by atoms with Crippen LogP contribution in [0.25, 0.3) is 16.8 Å². The topological polar surface area (TPSA) is 76.7 Å². The average Bonchev–Trinajstić information content (AvgIpc) is 3.03. The third-order valence-corrected chi connectivity index (χ3v) is 5.07. The smallest absolute Gasteiger partial charge is 0.326 e. The molecule has 0 bridgehead atoms. The van der Waals surface area contributed by atoms with Crippen LogP contribution in [0.1, 0.15) is 11.1 Å². The summed E-state index contributed by atoms with van der Waals surface area (Å²) in [6.45, 7) is 0.374. The molecule has 0 spiro atoms. The van der Waals surface area contributed by atoms with Gasteiger partial charge in [-0.05, 0) is 62.1 Å². The van der Waals surface area contributed by atoms with Gasteiger partial charge < -0.3 is 14.8 Å². The van der Waals surface area contributed by atoms with Gasteiger partial charge in [-0.1, -0.05) is 36.4 Å². The van der Waals surface area contributed by atoms with Crippen molar-refractivity contribution in [1.82, 2.24) is 10.6 Å². The van der Waals surface area contributed by atoms with Crippen molar-refractivity contribution < 1.29 is 19.1 Å². The van der Waals surface area contributed by atoms with Gasteiger partial charge in [-0.25, -0.2) is 4.79 Å². The zero-order valence-corrected chi connectivity index (χ0v) is 17.1. The van der Waals surface area contributed by atoms with Crippen molar-refractivity contribution in [2.24, 2.45) is 0 Å². The number of carbonyl (C=O) groups excluding carboxylic acids is 2. The number of methoxy groups -OCH3 is 1. The standard InChI is InChI=1S/C22H17BrN2O4/c1-28-19-11-14(10-18-21(26)25-22(27)24-18)9-17(23)20(19)29-12-13-6-7-15-4-2-3-5-16(15)8-13/h2-11H,12H2,1H3,(H2,24,25,26,27)/b18-10+. The molecule has 2 N–H and O–H groups in total. The summed E-state index contributed by atoms with van der Waals surface area (Å²) in [4.78, 5) is 23.0. The van der Waals surface area contributed by atoms with Crippen LogP contribution in [0, 0.1) is 0 Å². The number of urea groups is 1. The minimum Gasteiger partial charge on any atom is -0.493 e. The molecule has 146 valence electrons.